The Balaban J connectivity index is 1.62. The predicted molar refractivity (Wildman–Crippen MR) is 89.3 cm³/mol. The Hall–Kier alpha value is -2.27. The van der Waals surface area contributed by atoms with Crippen LogP contribution in [0.3, 0.4) is 0 Å². The fraction of sp³-hybridized carbons (Fsp3) is 0.421. The van der Waals surface area contributed by atoms with Crippen LogP contribution >= 0.6 is 0 Å². The molecule has 0 unspecified atom stereocenters. The fourth-order valence-electron chi connectivity index (χ4n) is 4.56. The molecule has 2 fully saturated rings. The molecule has 24 heavy (non-hydrogen) atoms. The molecule has 5 nitrogen and oxygen atoms in total. The zero-order valence-corrected chi connectivity index (χ0v) is 13.5. The van der Waals surface area contributed by atoms with Crippen molar-refractivity contribution in [3.05, 3.63) is 59.9 Å². The van der Waals surface area contributed by atoms with Crippen molar-refractivity contribution in [1.82, 2.24) is 15.1 Å². The van der Waals surface area contributed by atoms with E-state index in [0.717, 1.165) is 25.7 Å². The highest BCUT2D eigenvalue weighted by molar-refractivity contribution is 5.93. The minimum atomic E-state index is -0.248. The molecule has 0 radical (unpaired) electrons. The van der Waals surface area contributed by atoms with Crippen molar-refractivity contribution in [3.63, 3.8) is 0 Å². The van der Waals surface area contributed by atoms with Gasteiger partial charge in [-0.25, -0.2) is 0 Å². The van der Waals surface area contributed by atoms with E-state index in [1.165, 1.54) is 5.56 Å². The fourth-order valence-corrected chi connectivity index (χ4v) is 4.56. The second kappa shape index (κ2) is 5.98. The Kier molecular flexibility index (Phi) is 3.81. The topological polar surface area (TPSA) is 66.3 Å². The number of aromatic nitrogens is 2. The molecule has 1 amide bonds. The number of hydrogen-bond acceptors (Lipinski definition) is 4. The summed E-state index contributed by atoms with van der Waals surface area (Å²) in [6.45, 7) is 0.104. The van der Waals surface area contributed by atoms with E-state index < -0.39 is 0 Å². The molecular weight excluding hydrogens is 302 g/mol. The molecule has 1 aromatic carbocycles. The van der Waals surface area contributed by atoms with Crippen LogP contribution in [0.25, 0.3) is 0 Å². The molecule has 2 saturated heterocycles. The molecule has 1 N–H and O–H groups in total. The molecule has 2 aliphatic rings. The number of fused-ring (bicyclic) bond motifs is 2. The normalized spacial score (nSPS) is 28.3. The first-order chi connectivity index (χ1) is 11.7. The van der Waals surface area contributed by atoms with Gasteiger partial charge in [-0.3, -0.25) is 4.79 Å². The SMILES string of the molecule is O=C(c1cccnn1)N1[C@@H]2CC[C@H]1[C@](CO)(Cc1ccccc1)C2. The summed E-state index contributed by atoms with van der Waals surface area (Å²) in [7, 11) is 0. The first-order valence-electron chi connectivity index (χ1n) is 8.49. The van der Waals surface area contributed by atoms with Gasteiger partial charge in [-0.05, 0) is 43.4 Å². The van der Waals surface area contributed by atoms with Crippen LogP contribution < -0.4 is 0 Å². The molecule has 3 heterocycles. The molecule has 3 atom stereocenters. The number of nitrogens with zero attached hydrogens (tertiary/aromatic N) is 3. The van der Waals surface area contributed by atoms with Gasteiger partial charge >= 0.3 is 0 Å². The first-order valence-corrected chi connectivity index (χ1v) is 8.49. The van der Waals surface area contributed by atoms with Gasteiger partial charge in [-0.15, -0.1) is 5.10 Å². The van der Waals surface area contributed by atoms with Gasteiger partial charge in [-0.1, -0.05) is 30.3 Å². The second-order valence-electron chi connectivity index (χ2n) is 6.96. The molecule has 1 aromatic heterocycles. The van der Waals surface area contributed by atoms with E-state index in [9.17, 15) is 9.90 Å². The third kappa shape index (κ3) is 2.40. The largest absolute Gasteiger partial charge is 0.396 e. The lowest BCUT2D eigenvalue weighted by molar-refractivity contribution is 0.0566. The maximum Gasteiger partial charge on any atom is 0.274 e. The number of carbonyl (C=O) groups is 1. The summed E-state index contributed by atoms with van der Waals surface area (Å²) in [5, 5.41) is 18.0. The summed E-state index contributed by atoms with van der Waals surface area (Å²) >= 11 is 0. The quantitative estimate of drug-likeness (QED) is 0.935. The highest BCUT2D eigenvalue weighted by Gasteiger charge is 2.57. The Bertz CT molecular complexity index is 722. The van der Waals surface area contributed by atoms with Gasteiger partial charge in [0, 0.05) is 23.7 Å². The van der Waals surface area contributed by atoms with Crippen LogP contribution in [0.15, 0.2) is 48.7 Å². The van der Waals surface area contributed by atoms with Crippen LogP contribution in [-0.4, -0.2) is 44.8 Å². The predicted octanol–water partition coefficient (Wildman–Crippen LogP) is 2.07. The van der Waals surface area contributed by atoms with Crippen LogP contribution in [0, 0.1) is 5.41 Å². The van der Waals surface area contributed by atoms with Crippen molar-refractivity contribution in [2.24, 2.45) is 5.41 Å². The smallest absolute Gasteiger partial charge is 0.274 e. The van der Waals surface area contributed by atoms with Crippen molar-refractivity contribution < 1.29 is 9.90 Å². The van der Waals surface area contributed by atoms with Crippen LogP contribution in [0.5, 0.6) is 0 Å². The molecule has 5 heteroatoms. The summed E-state index contributed by atoms with van der Waals surface area (Å²) in [5.74, 6) is -0.0565. The van der Waals surface area contributed by atoms with Gasteiger partial charge in [0.25, 0.3) is 5.91 Å². The third-order valence-corrected chi connectivity index (χ3v) is 5.59. The average molecular weight is 323 g/mol. The molecule has 4 rings (SSSR count). The van der Waals surface area contributed by atoms with E-state index in [-0.39, 0.29) is 30.0 Å². The average Bonchev–Trinajstić information content (AvgIpc) is 3.19. The van der Waals surface area contributed by atoms with Crippen molar-refractivity contribution in [2.75, 3.05) is 6.61 Å². The zero-order valence-electron chi connectivity index (χ0n) is 13.5. The summed E-state index contributed by atoms with van der Waals surface area (Å²) in [5.41, 5.74) is 1.36. The standard InChI is InChI=1S/C19H21N3O2/c23-13-19(11-14-5-2-1-3-6-14)12-15-8-9-17(19)22(15)18(24)16-7-4-10-20-21-16/h1-7,10,15,17,23H,8-9,11-13H2/t15-,17+,19-/m1/s1. The highest BCUT2D eigenvalue weighted by Crippen LogP contribution is 2.51. The van der Waals surface area contributed by atoms with E-state index in [1.54, 1.807) is 18.3 Å². The van der Waals surface area contributed by atoms with Gasteiger partial charge in [0.15, 0.2) is 5.69 Å². The van der Waals surface area contributed by atoms with Crippen LogP contribution in [0.4, 0.5) is 0 Å². The Morgan fingerprint density at radius 2 is 2.04 bits per heavy atom. The lowest BCUT2D eigenvalue weighted by Crippen LogP contribution is -2.44. The van der Waals surface area contributed by atoms with Crippen molar-refractivity contribution >= 4 is 5.91 Å². The first kappa shape index (κ1) is 15.3. The number of carbonyl (C=O) groups excluding carboxylic acids is 1. The summed E-state index contributed by atoms with van der Waals surface area (Å²) < 4.78 is 0. The monoisotopic (exact) mass is 323 g/mol. The van der Waals surface area contributed by atoms with Gasteiger partial charge in [0.05, 0.1) is 6.61 Å². The van der Waals surface area contributed by atoms with E-state index in [0.29, 0.717) is 5.69 Å². The van der Waals surface area contributed by atoms with Crippen molar-refractivity contribution in [3.8, 4) is 0 Å². The zero-order chi connectivity index (χ0) is 16.6. The minimum Gasteiger partial charge on any atom is -0.396 e. The number of aliphatic hydroxyl groups excluding tert-OH is 1. The lowest BCUT2D eigenvalue weighted by Gasteiger charge is -2.36. The van der Waals surface area contributed by atoms with Gasteiger partial charge in [0.2, 0.25) is 0 Å². The molecule has 0 aliphatic carbocycles. The highest BCUT2D eigenvalue weighted by atomic mass is 16.3. The van der Waals surface area contributed by atoms with E-state index in [1.807, 2.05) is 23.1 Å². The number of benzene rings is 1. The molecule has 2 aliphatic heterocycles. The van der Waals surface area contributed by atoms with E-state index in [4.69, 9.17) is 0 Å². The minimum absolute atomic E-state index is 0.0565. The van der Waals surface area contributed by atoms with Gasteiger partial charge < -0.3 is 10.0 Å². The summed E-state index contributed by atoms with van der Waals surface area (Å²) in [6.07, 6.45) is 5.19. The Labute approximate surface area is 141 Å². The molecule has 2 aromatic rings. The van der Waals surface area contributed by atoms with Crippen LogP contribution in [0.2, 0.25) is 0 Å². The Morgan fingerprint density at radius 1 is 1.21 bits per heavy atom. The Morgan fingerprint density at radius 3 is 2.75 bits per heavy atom. The van der Waals surface area contributed by atoms with Crippen LogP contribution in [0.1, 0.15) is 35.3 Å². The molecule has 124 valence electrons. The number of aliphatic hydroxyl groups is 1. The van der Waals surface area contributed by atoms with Crippen molar-refractivity contribution in [1.29, 1.82) is 0 Å². The lowest BCUT2D eigenvalue weighted by atomic mass is 9.70. The van der Waals surface area contributed by atoms with Gasteiger partial charge in [-0.2, -0.15) is 5.10 Å². The summed E-state index contributed by atoms with van der Waals surface area (Å²) in [4.78, 5) is 14.9. The van der Waals surface area contributed by atoms with E-state index >= 15 is 0 Å². The van der Waals surface area contributed by atoms with E-state index in [2.05, 4.69) is 22.3 Å². The van der Waals surface area contributed by atoms with Gasteiger partial charge in [0.1, 0.15) is 0 Å². The number of rotatable bonds is 4. The molecule has 0 spiro atoms. The summed E-state index contributed by atoms with van der Waals surface area (Å²) in [6, 6.07) is 14.0. The molecular formula is C19H21N3O2. The molecule has 0 saturated carbocycles. The maximum atomic E-state index is 12.9. The molecule has 2 bridgehead atoms. The number of hydrogen-bond donors (Lipinski definition) is 1. The second-order valence-corrected chi connectivity index (χ2v) is 6.96. The van der Waals surface area contributed by atoms with Crippen molar-refractivity contribution in [2.45, 2.75) is 37.8 Å². The third-order valence-electron chi connectivity index (χ3n) is 5.59. The maximum absolute atomic E-state index is 12.9. The number of amides is 1. The van der Waals surface area contributed by atoms with Crippen LogP contribution in [-0.2, 0) is 6.42 Å².